The molecule has 25 heavy (non-hydrogen) atoms. The van der Waals surface area contributed by atoms with E-state index in [1.807, 2.05) is 0 Å². The number of aromatic nitrogens is 4. The quantitative estimate of drug-likeness (QED) is 0.812. The zero-order valence-corrected chi connectivity index (χ0v) is 15.2. The van der Waals surface area contributed by atoms with Gasteiger partial charge in [-0.05, 0) is 44.7 Å². The molecule has 0 unspecified atom stereocenters. The second-order valence-electron chi connectivity index (χ2n) is 6.91. The van der Waals surface area contributed by atoms with E-state index >= 15 is 0 Å². The monoisotopic (exact) mass is 362 g/mol. The number of nitrogens with zero attached hydrogens (tertiary/aromatic N) is 4. The maximum absolute atomic E-state index is 12.5. The van der Waals surface area contributed by atoms with E-state index < -0.39 is 10.0 Å². The van der Waals surface area contributed by atoms with Gasteiger partial charge in [-0.2, -0.15) is 10.2 Å². The van der Waals surface area contributed by atoms with Crippen LogP contribution in [0.1, 0.15) is 29.1 Å². The number of fused-ring (bicyclic) bond motifs is 1. The number of rotatable bonds is 5. The lowest BCUT2D eigenvalue weighted by Crippen LogP contribution is -2.52. The molecule has 0 saturated carbocycles. The van der Waals surface area contributed by atoms with Gasteiger partial charge < -0.3 is 4.90 Å². The largest absolute Gasteiger partial charge is 0.354 e. The van der Waals surface area contributed by atoms with Crippen molar-refractivity contribution >= 4 is 15.8 Å². The van der Waals surface area contributed by atoms with Crippen molar-refractivity contribution in [2.45, 2.75) is 38.0 Å². The van der Waals surface area contributed by atoms with E-state index in [0.717, 1.165) is 43.9 Å². The molecule has 1 fully saturated rings. The van der Waals surface area contributed by atoms with Crippen molar-refractivity contribution in [3.8, 4) is 0 Å². The first kappa shape index (κ1) is 16.5. The van der Waals surface area contributed by atoms with E-state index in [0.29, 0.717) is 17.9 Å². The smallest absolute Gasteiger partial charge is 0.244 e. The van der Waals surface area contributed by atoms with Crippen LogP contribution < -0.4 is 9.62 Å². The van der Waals surface area contributed by atoms with Gasteiger partial charge in [0.2, 0.25) is 10.0 Å². The van der Waals surface area contributed by atoms with Crippen molar-refractivity contribution in [3.05, 3.63) is 28.7 Å². The molecule has 8 nitrogen and oxygen atoms in total. The summed E-state index contributed by atoms with van der Waals surface area (Å²) in [6, 6.07) is 2.13. The minimum absolute atomic E-state index is 0.258. The fourth-order valence-electron chi connectivity index (χ4n) is 3.59. The van der Waals surface area contributed by atoms with Gasteiger partial charge in [-0.1, -0.05) is 0 Å². The Bertz CT molecular complexity index is 882. The number of aryl methyl sites for hydroxylation is 4. The SMILES string of the molecule is Cc1n[nH]c(C)c1S(=O)(=O)NCC1CN(c2cc3c(nn2)CCC3)C1. The van der Waals surface area contributed by atoms with Crippen LogP contribution >= 0.6 is 0 Å². The zero-order chi connectivity index (χ0) is 17.6. The third-order valence-corrected chi connectivity index (χ3v) is 6.67. The fraction of sp³-hybridized carbons (Fsp3) is 0.562. The van der Waals surface area contributed by atoms with Crippen molar-refractivity contribution in [3.63, 3.8) is 0 Å². The molecule has 2 N–H and O–H groups in total. The number of H-pyrrole nitrogens is 1. The van der Waals surface area contributed by atoms with Gasteiger partial charge in [-0.3, -0.25) is 5.10 Å². The van der Waals surface area contributed by atoms with Crippen LogP contribution in [0.2, 0.25) is 0 Å². The summed E-state index contributed by atoms with van der Waals surface area (Å²) in [7, 11) is -3.53. The molecule has 0 atom stereocenters. The molecular formula is C16H22N6O2S. The minimum Gasteiger partial charge on any atom is -0.354 e. The molecular weight excluding hydrogens is 340 g/mol. The Kier molecular flexibility index (Phi) is 3.99. The summed E-state index contributed by atoms with van der Waals surface area (Å²) < 4.78 is 27.6. The van der Waals surface area contributed by atoms with Crippen LogP contribution in [-0.2, 0) is 22.9 Å². The summed E-state index contributed by atoms with van der Waals surface area (Å²) in [5.74, 6) is 1.18. The molecule has 2 aliphatic rings. The average molecular weight is 362 g/mol. The number of aromatic amines is 1. The molecule has 2 aromatic heterocycles. The van der Waals surface area contributed by atoms with E-state index in [9.17, 15) is 8.42 Å². The van der Waals surface area contributed by atoms with Crippen LogP contribution in [0.4, 0.5) is 5.82 Å². The first-order valence-corrected chi connectivity index (χ1v) is 10.0. The fourth-order valence-corrected chi connectivity index (χ4v) is 5.08. The Labute approximate surface area is 147 Å². The summed E-state index contributed by atoms with van der Waals surface area (Å²) in [5.41, 5.74) is 3.49. The molecule has 9 heteroatoms. The molecule has 4 rings (SSSR count). The lowest BCUT2D eigenvalue weighted by Gasteiger charge is -2.40. The van der Waals surface area contributed by atoms with E-state index in [1.54, 1.807) is 13.8 Å². The predicted molar refractivity (Wildman–Crippen MR) is 93.0 cm³/mol. The number of hydrogen-bond acceptors (Lipinski definition) is 6. The van der Waals surface area contributed by atoms with Crippen LogP contribution in [0.5, 0.6) is 0 Å². The second-order valence-corrected chi connectivity index (χ2v) is 8.62. The molecule has 1 saturated heterocycles. The Morgan fingerprint density at radius 1 is 1.28 bits per heavy atom. The Morgan fingerprint density at radius 2 is 2.08 bits per heavy atom. The normalized spacial score (nSPS) is 17.6. The molecule has 0 radical (unpaired) electrons. The van der Waals surface area contributed by atoms with Gasteiger partial charge in [0.1, 0.15) is 4.90 Å². The van der Waals surface area contributed by atoms with E-state index in [-0.39, 0.29) is 10.8 Å². The van der Waals surface area contributed by atoms with Gasteiger partial charge in [-0.15, -0.1) is 5.10 Å². The maximum atomic E-state index is 12.5. The molecule has 1 aliphatic carbocycles. The van der Waals surface area contributed by atoms with Crippen molar-refractivity contribution in [1.29, 1.82) is 0 Å². The molecule has 0 amide bonds. The second kappa shape index (κ2) is 6.06. The van der Waals surface area contributed by atoms with Gasteiger partial charge in [-0.25, -0.2) is 13.1 Å². The summed E-state index contributed by atoms with van der Waals surface area (Å²) >= 11 is 0. The minimum atomic E-state index is -3.53. The summed E-state index contributed by atoms with van der Waals surface area (Å²) in [5, 5.41) is 15.3. The van der Waals surface area contributed by atoms with E-state index in [2.05, 4.69) is 36.1 Å². The number of sulfonamides is 1. The van der Waals surface area contributed by atoms with Crippen LogP contribution in [-0.4, -0.2) is 48.4 Å². The molecule has 0 spiro atoms. The number of hydrogen-bond donors (Lipinski definition) is 2. The molecule has 134 valence electrons. The van der Waals surface area contributed by atoms with Gasteiger partial charge in [0.15, 0.2) is 5.82 Å². The first-order chi connectivity index (χ1) is 11.9. The third-order valence-electron chi connectivity index (χ3n) is 4.98. The number of nitrogens with one attached hydrogen (secondary N) is 2. The first-order valence-electron chi connectivity index (χ1n) is 8.55. The highest BCUT2D eigenvalue weighted by molar-refractivity contribution is 7.89. The summed E-state index contributed by atoms with van der Waals surface area (Å²) in [6.45, 7) is 5.40. The van der Waals surface area contributed by atoms with Crippen LogP contribution in [0.15, 0.2) is 11.0 Å². The molecule has 0 bridgehead atoms. The van der Waals surface area contributed by atoms with Gasteiger partial charge in [0.05, 0.1) is 17.1 Å². The van der Waals surface area contributed by atoms with Crippen LogP contribution in [0.25, 0.3) is 0 Å². The molecule has 0 aromatic carbocycles. The molecule has 2 aromatic rings. The molecule has 1 aliphatic heterocycles. The Morgan fingerprint density at radius 3 is 2.80 bits per heavy atom. The van der Waals surface area contributed by atoms with E-state index in [1.165, 1.54) is 5.56 Å². The Balaban J connectivity index is 1.34. The maximum Gasteiger partial charge on any atom is 0.244 e. The topological polar surface area (TPSA) is 104 Å². The van der Waals surface area contributed by atoms with Crippen molar-refractivity contribution in [2.24, 2.45) is 5.92 Å². The van der Waals surface area contributed by atoms with Crippen molar-refractivity contribution in [1.82, 2.24) is 25.1 Å². The van der Waals surface area contributed by atoms with Gasteiger partial charge in [0.25, 0.3) is 0 Å². The predicted octanol–water partition coefficient (Wildman–Crippen LogP) is 0.720. The van der Waals surface area contributed by atoms with E-state index in [4.69, 9.17) is 0 Å². The summed E-state index contributed by atoms with van der Waals surface area (Å²) in [6.07, 6.45) is 3.27. The van der Waals surface area contributed by atoms with Gasteiger partial charge >= 0.3 is 0 Å². The van der Waals surface area contributed by atoms with Crippen LogP contribution in [0, 0.1) is 19.8 Å². The van der Waals surface area contributed by atoms with Crippen LogP contribution in [0.3, 0.4) is 0 Å². The lowest BCUT2D eigenvalue weighted by molar-refractivity contribution is 0.402. The highest BCUT2D eigenvalue weighted by atomic mass is 32.2. The Hall–Kier alpha value is -2.00. The molecule has 3 heterocycles. The summed E-state index contributed by atoms with van der Waals surface area (Å²) in [4.78, 5) is 2.41. The zero-order valence-electron chi connectivity index (χ0n) is 14.4. The number of anilines is 1. The third kappa shape index (κ3) is 3.02. The highest BCUT2D eigenvalue weighted by Gasteiger charge is 2.31. The van der Waals surface area contributed by atoms with Crippen molar-refractivity contribution in [2.75, 3.05) is 24.5 Å². The average Bonchev–Trinajstić information content (AvgIpc) is 3.11. The van der Waals surface area contributed by atoms with Crippen molar-refractivity contribution < 1.29 is 8.42 Å². The lowest BCUT2D eigenvalue weighted by atomic mass is 10.0. The highest BCUT2D eigenvalue weighted by Crippen LogP contribution is 2.27. The standard InChI is InChI=1S/C16H22N6O2S/c1-10-16(11(2)19-18-10)25(23,24)17-7-12-8-22(9-12)15-6-13-4-3-5-14(13)20-21-15/h6,12,17H,3-5,7-9H2,1-2H3,(H,18,19). The van der Waals surface area contributed by atoms with Gasteiger partial charge in [0, 0.05) is 25.6 Å².